The van der Waals surface area contributed by atoms with Crippen molar-refractivity contribution >= 4 is 29.1 Å². The van der Waals surface area contributed by atoms with Crippen molar-refractivity contribution in [3.8, 4) is 11.1 Å². The molecule has 9 heteroatoms. The van der Waals surface area contributed by atoms with Gasteiger partial charge in [-0.1, -0.05) is 17.7 Å². The van der Waals surface area contributed by atoms with Crippen LogP contribution in [0.5, 0.6) is 0 Å². The second kappa shape index (κ2) is 8.57. The molecule has 0 amide bonds. The van der Waals surface area contributed by atoms with Crippen LogP contribution in [-0.2, 0) is 6.54 Å². The Kier molecular flexibility index (Phi) is 5.53. The van der Waals surface area contributed by atoms with E-state index in [0.29, 0.717) is 24.0 Å². The number of aromatic nitrogens is 5. The summed E-state index contributed by atoms with van der Waals surface area (Å²) in [6, 6.07) is 10.0. The van der Waals surface area contributed by atoms with E-state index in [1.807, 2.05) is 18.2 Å². The molecule has 0 radical (unpaired) electrons. The minimum absolute atomic E-state index is 0.0153. The van der Waals surface area contributed by atoms with Crippen LogP contribution in [0.15, 0.2) is 67.5 Å². The number of benzene rings is 1. The lowest BCUT2D eigenvalue weighted by atomic mass is 10.1. The quantitative estimate of drug-likeness (QED) is 0.487. The highest BCUT2D eigenvalue weighted by Crippen LogP contribution is 2.27. The van der Waals surface area contributed by atoms with Gasteiger partial charge in [0.2, 0.25) is 5.95 Å². The molecule has 0 fully saturated rings. The third-order valence-electron chi connectivity index (χ3n) is 4.00. The van der Waals surface area contributed by atoms with Crippen molar-refractivity contribution < 1.29 is 4.39 Å². The van der Waals surface area contributed by atoms with Crippen LogP contribution in [0, 0.1) is 5.82 Å². The Balaban J connectivity index is 1.64. The second-order valence-corrected chi connectivity index (χ2v) is 6.42. The average molecular weight is 408 g/mol. The van der Waals surface area contributed by atoms with Crippen molar-refractivity contribution in [3.63, 3.8) is 0 Å². The summed E-state index contributed by atoms with van der Waals surface area (Å²) >= 11 is 5.85. The zero-order chi connectivity index (χ0) is 20.1. The number of nitrogens with one attached hydrogen (secondary N) is 2. The van der Waals surface area contributed by atoms with Gasteiger partial charge in [-0.3, -0.25) is 4.98 Å². The van der Waals surface area contributed by atoms with E-state index >= 15 is 0 Å². The predicted molar refractivity (Wildman–Crippen MR) is 109 cm³/mol. The Bertz CT molecular complexity index is 1110. The Morgan fingerprint density at radius 3 is 2.62 bits per heavy atom. The van der Waals surface area contributed by atoms with Gasteiger partial charge in [-0.2, -0.15) is 4.98 Å². The zero-order valence-corrected chi connectivity index (χ0v) is 15.8. The van der Waals surface area contributed by atoms with Gasteiger partial charge in [0.1, 0.15) is 18.0 Å². The number of hydrogen-bond acceptors (Lipinski definition) is 7. The number of halogens is 2. The van der Waals surface area contributed by atoms with Gasteiger partial charge in [0.25, 0.3) is 0 Å². The first-order chi connectivity index (χ1) is 14.2. The van der Waals surface area contributed by atoms with Crippen LogP contribution in [0.1, 0.15) is 5.69 Å². The summed E-state index contributed by atoms with van der Waals surface area (Å²) < 4.78 is 13.4. The summed E-state index contributed by atoms with van der Waals surface area (Å²) in [5.74, 6) is 0.420. The molecule has 0 aliphatic rings. The molecule has 0 atom stereocenters. The van der Waals surface area contributed by atoms with Crippen molar-refractivity contribution in [2.75, 3.05) is 10.6 Å². The molecule has 4 rings (SSSR count). The van der Waals surface area contributed by atoms with Crippen molar-refractivity contribution in [1.82, 2.24) is 24.9 Å². The van der Waals surface area contributed by atoms with Crippen LogP contribution >= 0.6 is 11.6 Å². The molecule has 29 heavy (non-hydrogen) atoms. The van der Waals surface area contributed by atoms with Crippen LogP contribution in [0.25, 0.3) is 11.1 Å². The number of anilines is 3. The Morgan fingerprint density at radius 2 is 1.86 bits per heavy atom. The second-order valence-electron chi connectivity index (χ2n) is 6.01. The van der Waals surface area contributed by atoms with Crippen LogP contribution in [-0.4, -0.2) is 24.9 Å². The fourth-order valence-electron chi connectivity index (χ4n) is 2.61. The number of nitrogens with zero attached hydrogens (tertiary/aromatic N) is 5. The predicted octanol–water partition coefficient (Wildman–Crippen LogP) is 4.48. The third kappa shape index (κ3) is 4.61. The molecule has 0 saturated heterocycles. The smallest absolute Gasteiger partial charge is 0.229 e. The molecule has 144 valence electrons. The molecular weight excluding hydrogens is 393 g/mol. The summed E-state index contributed by atoms with van der Waals surface area (Å²) in [7, 11) is 0. The molecule has 7 nitrogen and oxygen atoms in total. The van der Waals surface area contributed by atoms with E-state index in [9.17, 15) is 4.39 Å². The minimum atomic E-state index is -0.490. The molecule has 0 aliphatic heterocycles. The molecule has 0 spiro atoms. The molecule has 3 aromatic heterocycles. The van der Waals surface area contributed by atoms with Gasteiger partial charge < -0.3 is 10.6 Å². The largest absolute Gasteiger partial charge is 0.364 e. The lowest BCUT2D eigenvalue weighted by Crippen LogP contribution is -2.07. The van der Waals surface area contributed by atoms with Crippen LogP contribution < -0.4 is 10.6 Å². The van der Waals surface area contributed by atoms with Gasteiger partial charge in [-0.05, 0) is 30.3 Å². The van der Waals surface area contributed by atoms with Crippen molar-refractivity contribution in [2.24, 2.45) is 0 Å². The number of hydrogen-bond donors (Lipinski definition) is 2. The summed E-state index contributed by atoms with van der Waals surface area (Å²) in [5.41, 5.74) is 2.95. The first kappa shape index (κ1) is 18.7. The SMILES string of the molecule is Fc1ccc(Nc2ncc(-c3cncnc3)c(NCc3ccccn3)n2)cc1Cl. The van der Waals surface area contributed by atoms with E-state index in [1.54, 1.807) is 30.9 Å². The molecule has 0 saturated carbocycles. The van der Waals surface area contributed by atoms with Gasteiger partial charge in [-0.15, -0.1) is 0 Å². The standard InChI is InChI=1S/C20H15ClFN7/c21-17-7-14(4-5-18(17)22)28-20-27-11-16(13-8-23-12-24-9-13)19(29-20)26-10-15-3-1-2-6-25-15/h1-9,11-12H,10H2,(H2,26,27,28,29). The molecule has 0 aliphatic carbocycles. The van der Waals surface area contributed by atoms with Gasteiger partial charge in [-0.25, -0.2) is 19.3 Å². The Morgan fingerprint density at radius 1 is 1.00 bits per heavy atom. The number of pyridine rings is 1. The zero-order valence-electron chi connectivity index (χ0n) is 15.0. The Hall–Kier alpha value is -3.65. The summed E-state index contributed by atoms with van der Waals surface area (Å²) in [4.78, 5) is 21.3. The van der Waals surface area contributed by atoms with E-state index in [-0.39, 0.29) is 5.02 Å². The summed E-state index contributed by atoms with van der Waals surface area (Å²) in [6.45, 7) is 0.473. The lowest BCUT2D eigenvalue weighted by Gasteiger charge is -2.13. The van der Waals surface area contributed by atoms with Gasteiger partial charge in [0.15, 0.2) is 0 Å². The van der Waals surface area contributed by atoms with Crippen molar-refractivity contribution in [3.05, 3.63) is 84.0 Å². The molecule has 4 aromatic rings. The van der Waals surface area contributed by atoms with E-state index in [2.05, 4.69) is 35.6 Å². The molecule has 0 bridgehead atoms. The minimum Gasteiger partial charge on any atom is -0.364 e. The third-order valence-corrected chi connectivity index (χ3v) is 4.29. The van der Waals surface area contributed by atoms with Gasteiger partial charge >= 0.3 is 0 Å². The molecule has 1 aromatic carbocycles. The fraction of sp³-hybridized carbons (Fsp3) is 0.0500. The fourth-order valence-corrected chi connectivity index (χ4v) is 2.79. The monoisotopic (exact) mass is 407 g/mol. The van der Waals surface area contributed by atoms with Crippen LogP contribution in [0.2, 0.25) is 5.02 Å². The molecule has 0 unspecified atom stereocenters. The maximum atomic E-state index is 13.4. The number of rotatable bonds is 6. The molecule has 2 N–H and O–H groups in total. The first-order valence-electron chi connectivity index (χ1n) is 8.67. The summed E-state index contributed by atoms with van der Waals surface area (Å²) in [6.07, 6.45) is 8.22. The van der Waals surface area contributed by atoms with E-state index in [4.69, 9.17) is 11.6 Å². The molecular formula is C20H15ClFN7. The van der Waals surface area contributed by atoms with E-state index < -0.39 is 5.82 Å². The average Bonchev–Trinajstić information content (AvgIpc) is 2.76. The maximum absolute atomic E-state index is 13.4. The highest BCUT2D eigenvalue weighted by Gasteiger charge is 2.11. The van der Waals surface area contributed by atoms with Crippen molar-refractivity contribution in [2.45, 2.75) is 6.54 Å². The van der Waals surface area contributed by atoms with E-state index in [0.717, 1.165) is 16.8 Å². The summed E-state index contributed by atoms with van der Waals surface area (Å²) in [5, 5.41) is 6.32. The van der Waals surface area contributed by atoms with Gasteiger partial charge in [0, 0.05) is 41.6 Å². The lowest BCUT2D eigenvalue weighted by molar-refractivity contribution is 0.628. The highest BCUT2D eigenvalue weighted by molar-refractivity contribution is 6.31. The highest BCUT2D eigenvalue weighted by atomic mass is 35.5. The van der Waals surface area contributed by atoms with Gasteiger partial charge in [0.05, 0.1) is 17.3 Å². The first-order valence-corrected chi connectivity index (χ1v) is 9.05. The Labute approximate surface area is 171 Å². The maximum Gasteiger partial charge on any atom is 0.229 e. The topological polar surface area (TPSA) is 88.5 Å². The van der Waals surface area contributed by atoms with Crippen LogP contribution in [0.3, 0.4) is 0 Å². The molecule has 3 heterocycles. The van der Waals surface area contributed by atoms with E-state index in [1.165, 1.54) is 18.5 Å². The normalized spacial score (nSPS) is 10.6. The van der Waals surface area contributed by atoms with Crippen molar-refractivity contribution in [1.29, 1.82) is 0 Å². The van der Waals surface area contributed by atoms with Crippen LogP contribution in [0.4, 0.5) is 21.8 Å².